The van der Waals surface area contributed by atoms with Crippen LogP contribution in [-0.4, -0.2) is 26.1 Å². The predicted molar refractivity (Wildman–Crippen MR) is 63.0 cm³/mol. The van der Waals surface area contributed by atoms with Crippen LogP contribution in [0.3, 0.4) is 0 Å². The van der Waals surface area contributed by atoms with Crippen LogP contribution in [-0.2, 0) is 6.54 Å². The van der Waals surface area contributed by atoms with Crippen LogP contribution >= 0.6 is 12.2 Å². The summed E-state index contributed by atoms with van der Waals surface area (Å²) in [5.41, 5.74) is 5.25. The molecule has 1 aromatic heterocycles. The molecular formula is C8H13N5O2S. The number of nitro groups is 1. The van der Waals surface area contributed by atoms with E-state index in [0.717, 1.165) is 0 Å². The number of nitrogens with one attached hydrogen (secondary N) is 1. The molecule has 3 N–H and O–H groups in total. The molecule has 0 spiro atoms. The van der Waals surface area contributed by atoms with Crippen molar-refractivity contribution in [2.24, 2.45) is 5.73 Å². The number of rotatable bonds is 5. The van der Waals surface area contributed by atoms with E-state index in [1.807, 2.05) is 0 Å². The Balaban J connectivity index is 2.56. The monoisotopic (exact) mass is 243 g/mol. The van der Waals surface area contributed by atoms with Gasteiger partial charge < -0.3 is 21.2 Å². The average Bonchev–Trinajstić information content (AvgIpc) is 2.54. The van der Waals surface area contributed by atoms with Gasteiger partial charge in [-0.25, -0.2) is 9.55 Å². The predicted octanol–water partition coefficient (Wildman–Crippen LogP) is 0.323. The molecule has 16 heavy (non-hydrogen) atoms. The highest BCUT2D eigenvalue weighted by atomic mass is 32.1. The van der Waals surface area contributed by atoms with E-state index in [9.17, 15) is 10.1 Å². The Kier molecular flexibility index (Phi) is 4.18. The molecular weight excluding hydrogens is 230 g/mol. The third-order valence-electron chi connectivity index (χ3n) is 2.08. The quantitative estimate of drug-likeness (QED) is 0.334. The number of hydrogen-bond acceptors (Lipinski definition) is 4. The number of nitrogens with two attached hydrogens (primary N) is 1. The second-order valence-electron chi connectivity index (χ2n) is 3.22. The lowest BCUT2D eigenvalue weighted by atomic mass is 10.4. The SMILES string of the molecule is Cc1ncc([N+](=O)[O-])n1CCCNC(N)=S. The minimum atomic E-state index is -0.443. The first-order valence-corrected chi connectivity index (χ1v) is 5.13. The molecule has 0 amide bonds. The highest BCUT2D eigenvalue weighted by Crippen LogP contribution is 2.13. The van der Waals surface area contributed by atoms with Crippen molar-refractivity contribution < 1.29 is 4.92 Å². The Morgan fingerprint density at radius 2 is 2.50 bits per heavy atom. The molecule has 0 radical (unpaired) electrons. The third-order valence-corrected chi connectivity index (χ3v) is 2.22. The molecule has 0 unspecified atom stereocenters. The summed E-state index contributed by atoms with van der Waals surface area (Å²) >= 11 is 4.64. The first-order valence-electron chi connectivity index (χ1n) is 4.72. The standard InChI is InChI=1S/C8H13N5O2S/c1-6-11-5-7(13(14)15)12(6)4-2-3-10-8(9)16/h5H,2-4H2,1H3,(H3,9,10,16). The van der Waals surface area contributed by atoms with Crippen LogP contribution in [0.25, 0.3) is 0 Å². The zero-order valence-electron chi connectivity index (χ0n) is 8.84. The molecule has 0 atom stereocenters. The molecule has 0 aliphatic rings. The first kappa shape index (κ1) is 12.4. The van der Waals surface area contributed by atoms with Crippen molar-refractivity contribution in [1.82, 2.24) is 14.9 Å². The molecule has 0 fully saturated rings. The molecule has 1 aromatic rings. The summed E-state index contributed by atoms with van der Waals surface area (Å²) in [6.45, 7) is 2.83. The van der Waals surface area contributed by atoms with Crippen molar-refractivity contribution in [3.63, 3.8) is 0 Å². The number of nitrogens with zero attached hydrogens (tertiary/aromatic N) is 3. The van der Waals surface area contributed by atoms with Crippen molar-refractivity contribution in [3.8, 4) is 0 Å². The highest BCUT2D eigenvalue weighted by molar-refractivity contribution is 7.80. The maximum atomic E-state index is 10.7. The molecule has 0 aliphatic carbocycles. The van der Waals surface area contributed by atoms with Crippen molar-refractivity contribution in [2.75, 3.05) is 6.54 Å². The van der Waals surface area contributed by atoms with Crippen LogP contribution in [0.4, 0.5) is 5.82 Å². The van der Waals surface area contributed by atoms with Gasteiger partial charge in [0.1, 0.15) is 6.20 Å². The van der Waals surface area contributed by atoms with Gasteiger partial charge in [-0.2, -0.15) is 0 Å². The molecule has 0 aromatic carbocycles. The van der Waals surface area contributed by atoms with E-state index in [0.29, 0.717) is 25.3 Å². The lowest BCUT2D eigenvalue weighted by Crippen LogP contribution is -2.30. The van der Waals surface area contributed by atoms with Gasteiger partial charge >= 0.3 is 5.82 Å². The van der Waals surface area contributed by atoms with Crippen molar-refractivity contribution in [1.29, 1.82) is 0 Å². The molecule has 88 valence electrons. The smallest absolute Gasteiger partial charge is 0.342 e. The van der Waals surface area contributed by atoms with E-state index < -0.39 is 4.92 Å². The molecule has 8 heteroatoms. The molecule has 0 bridgehead atoms. The van der Waals surface area contributed by atoms with Gasteiger partial charge in [-0.1, -0.05) is 0 Å². The largest absolute Gasteiger partial charge is 0.376 e. The fourth-order valence-corrected chi connectivity index (χ4v) is 1.43. The van der Waals surface area contributed by atoms with Crippen molar-refractivity contribution >= 4 is 23.1 Å². The van der Waals surface area contributed by atoms with Crippen LogP contribution in [0.15, 0.2) is 6.20 Å². The van der Waals surface area contributed by atoms with Gasteiger partial charge in [0.15, 0.2) is 10.9 Å². The van der Waals surface area contributed by atoms with Gasteiger partial charge in [-0.05, 0) is 17.1 Å². The molecule has 1 heterocycles. The lowest BCUT2D eigenvalue weighted by molar-refractivity contribution is -0.392. The summed E-state index contributed by atoms with van der Waals surface area (Å²) in [4.78, 5) is 14.1. The third kappa shape index (κ3) is 3.16. The summed E-state index contributed by atoms with van der Waals surface area (Å²) in [6.07, 6.45) is 1.95. The zero-order chi connectivity index (χ0) is 12.1. The number of imidazole rings is 1. The van der Waals surface area contributed by atoms with Gasteiger partial charge in [0.05, 0.1) is 6.54 Å². The number of hydrogen-bond donors (Lipinski definition) is 2. The molecule has 0 saturated carbocycles. The minimum Gasteiger partial charge on any atom is -0.376 e. The van der Waals surface area contributed by atoms with Crippen molar-refractivity contribution in [2.45, 2.75) is 19.9 Å². The van der Waals surface area contributed by atoms with E-state index >= 15 is 0 Å². The van der Waals surface area contributed by atoms with Crippen LogP contribution in [0, 0.1) is 17.0 Å². The highest BCUT2D eigenvalue weighted by Gasteiger charge is 2.16. The van der Waals surface area contributed by atoms with Gasteiger partial charge in [-0.3, -0.25) is 0 Å². The molecule has 0 aliphatic heterocycles. The van der Waals surface area contributed by atoms with E-state index in [1.54, 1.807) is 11.5 Å². The number of thiocarbonyl (C=S) groups is 1. The lowest BCUT2D eigenvalue weighted by Gasteiger charge is -2.04. The zero-order valence-corrected chi connectivity index (χ0v) is 9.66. The Hall–Kier alpha value is -1.70. The fourth-order valence-electron chi connectivity index (χ4n) is 1.33. The molecule has 1 rings (SSSR count). The van der Waals surface area contributed by atoms with E-state index in [4.69, 9.17) is 5.73 Å². The Labute approximate surface area is 97.8 Å². The van der Waals surface area contributed by atoms with Crippen LogP contribution in [0.1, 0.15) is 12.2 Å². The summed E-state index contributed by atoms with van der Waals surface area (Å²) in [5.74, 6) is 0.634. The molecule has 7 nitrogen and oxygen atoms in total. The number of aromatic nitrogens is 2. The summed E-state index contributed by atoms with van der Waals surface area (Å²) in [5, 5.41) is 13.7. The van der Waals surface area contributed by atoms with Crippen molar-refractivity contribution in [3.05, 3.63) is 22.1 Å². The van der Waals surface area contributed by atoms with E-state index in [-0.39, 0.29) is 10.9 Å². The normalized spacial score (nSPS) is 10.1. The fraction of sp³-hybridized carbons (Fsp3) is 0.500. The van der Waals surface area contributed by atoms with E-state index in [1.165, 1.54) is 6.20 Å². The van der Waals surface area contributed by atoms with Crippen LogP contribution in [0.5, 0.6) is 0 Å². The summed E-state index contributed by atoms with van der Waals surface area (Å²) in [7, 11) is 0. The summed E-state index contributed by atoms with van der Waals surface area (Å²) in [6, 6.07) is 0. The first-order chi connectivity index (χ1) is 7.52. The molecule has 0 saturated heterocycles. The Morgan fingerprint density at radius 1 is 1.81 bits per heavy atom. The van der Waals surface area contributed by atoms with Gasteiger partial charge in [0.25, 0.3) is 0 Å². The maximum Gasteiger partial charge on any atom is 0.342 e. The minimum absolute atomic E-state index is 0.00725. The average molecular weight is 243 g/mol. The second-order valence-corrected chi connectivity index (χ2v) is 3.66. The van der Waals surface area contributed by atoms with Crippen LogP contribution in [0.2, 0.25) is 0 Å². The number of aryl methyl sites for hydroxylation is 1. The van der Waals surface area contributed by atoms with E-state index in [2.05, 4.69) is 22.5 Å². The second kappa shape index (κ2) is 5.40. The maximum absolute atomic E-state index is 10.7. The van der Waals surface area contributed by atoms with Gasteiger partial charge in [0, 0.05) is 19.9 Å². The van der Waals surface area contributed by atoms with Crippen LogP contribution < -0.4 is 11.1 Å². The van der Waals surface area contributed by atoms with Gasteiger partial charge in [0.2, 0.25) is 0 Å². The Bertz CT molecular complexity index is 403. The topological polar surface area (TPSA) is 99.0 Å². The van der Waals surface area contributed by atoms with Gasteiger partial charge in [-0.15, -0.1) is 0 Å². The Morgan fingerprint density at radius 3 is 3.06 bits per heavy atom. The summed E-state index contributed by atoms with van der Waals surface area (Å²) < 4.78 is 1.56.